The summed E-state index contributed by atoms with van der Waals surface area (Å²) in [6.45, 7) is 6.40. The van der Waals surface area contributed by atoms with Gasteiger partial charge in [-0.3, -0.25) is 4.79 Å². The number of hydrogen-bond acceptors (Lipinski definition) is 4. The molecule has 5 heteroatoms. The van der Waals surface area contributed by atoms with Crippen molar-refractivity contribution in [3.05, 3.63) is 58.7 Å². The van der Waals surface area contributed by atoms with Crippen LogP contribution >= 0.6 is 0 Å². The minimum Gasteiger partial charge on any atom is -0.493 e. The van der Waals surface area contributed by atoms with E-state index in [0.29, 0.717) is 0 Å². The monoisotopic (exact) mass is 382 g/mol. The molecule has 1 unspecified atom stereocenters. The maximum Gasteiger partial charge on any atom is 0.253 e. The summed E-state index contributed by atoms with van der Waals surface area (Å²) in [7, 11) is 3.34. The first-order valence-electron chi connectivity index (χ1n) is 9.97. The summed E-state index contributed by atoms with van der Waals surface area (Å²) in [5.41, 5.74) is 4.51. The highest BCUT2D eigenvalue weighted by atomic mass is 16.5. The van der Waals surface area contributed by atoms with Gasteiger partial charge in [0.05, 0.1) is 14.2 Å². The lowest BCUT2D eigenvalue weighted by Gasteiger charge is -2.28. The molecule has 1 aliphatic rings. The van der Waals surface area contributed by atoms with E-state index in [1.165, 1.54) is 16.7 Å². The fourth-order valence-electron chi connectivity index (χ4n) is 3.86. The molecule has 0 bridgehead atoms. The molecule has 5 nitrogen and oxygen atoms in total. The molecule has 2 aromatic rings. The summed E-state index contributed by atoms with van der Waals surface area (Å²) in [6.07, 6.45) is 1.84. The molecular formula is C23H30N2O3. The van der Waals surface area contributed by atoms with Gasteiger partial charge < -0.3 is 19.7 Å². The molecule has 0 fully saturated rings. The average Bonchev–Trinajstić information content (AvgIpc) is 2.74. The summed E-state index contributed by atoms with van der Waals surface area (Å²) >= 11 is 0. The molecule has 1 aliphatic heterocycles. The predicted octanol–water partition coefficient (Wildman–Crippen LogP) is 3.62. The summed E-state index contributed by atoms with van der Waals surface area (Å²) in [5.74, 6) is 1.63. The van der Waals surface area contributed by atoms with E-state index in [2.05, 4.69) is 29.6 Å². The Morgan fingerprint density at radius 1 is 1.07 bits per heavy atom. The van der Waals surface area contributed by atoms with Crippen molar-refractivity contribution in [2.24, 2.45) is 0 Å². The van der Waals surface area contributed by atoms with Gasteiger partial charge in [-0.1, -0.05) is 12.1 Å². The van der Waals surface area contributed by atoms with Crippen LogP contribution in [0.4, 0.5) is 0 Å². The van der Waals surface area contributed by atoms with Gasteiger partial charge in [0.2, 0.25) is 0 Å². The van der Waals surface area contributed by atoms with Gasteiger partial charge >= 0.3 is 0 Å². The van der Waals surface area contributed by atoms with Crippen LogP contribution in [0.15, 0.2) is 36.4 Å². The highest BCUT2D eigenvalue weighted by Crippen LogP contribution is 2.36. The lowest BCUT2D eigenvalue weighted by molar-refractivity contribution is 0.0773. The van der Waals surface area contributed by atoms with Gasteiger partial charge in [-0.05, 0) is 74.2 Å². The normalized spacial score (nSPS) is 15.6. The number of fused-ring (bicyclic) bond motifs is 1. The van der Waals surface area contributed by atoms with Gasteiger partial charge in [-0.25, -0.2) is 0 Å². The molecule has 28 heavy (non-hydrogen) atoms. The number of nitrogens with one attached hydrogen (secondary N) is 1. The third-order valence-corrected chi connectivity index (χ3v) is 5.50. The predicted molar refractivity (Wildman–Crippen MR) is 111 cm³/mol. The molecule has 2 aromatic carbocycles. The number of carbonyl (C=O) groups is 1. The van der Waals surface area contributed by atoms with Gasteiger partial charge in [0.25, 0.3) is 5.91 Å². The van der Waals surface area contributed by atoms with Crippen molar-refractivity contribution in [1.82, 2.24) is 10.2 Å². The second kappa shape index (κ2) is 9.11. The first-order chi connectivity index (χ1) is 13.6. The molecule has 0 radical (unpaired) electrons. The summed E-state index contributed by atoms with van der Waals surface area (Å²) in [5, 5.41) is 3.61. The number of carbonyl (C=O) groups excluding carboxylic acids is 1. The van der Waals surface area contributed by atoms with E-state index in [9.17, 15) is 4.79 Å². The Hall–Kier alpha value is -2.53. The zero-order valence-corrected chi connectivity index (χ0v) is 17.2. The largest absolute Gasteiger partial charge is 0.493 e. The lowest BCUT2D eigenvalue weighted by atomic mass is 9.89. The van der Waals surface area contributed by atoms with E-state index in [-0.39, 0.29) is 11.9 Å². The number of nitrogens with zero attached hydrogens (tertiary/aromatic N) is 1. The van der Waals surface area contributed by atoms with Crippen LogP contribution < -0.4 is 14.8 Å². The van der Waals surface area contributed by atoms with E-state index in [1.807, 2.05) is 30.9 Å². The first kappa shape index (κ1) is 20.2. The van der Waals surface area contributed by atoms with Gasteiger partial charge in [0.1, 0.15) is 0 Å². The molecule has 0 saturated heterocycles. The molecule has 1 N–H and O–H groups in total. The Bertz CT molecular complexity index is 813. The number of amides is 1. The van der Waals surface area contributed by atoms with Crippen LogP contribution in [0, 0.1) is 0 Å². The number of hydrogen-bond donors (Lipinski definition) is 1. The van der Waals surface area contributed by atoms with Crippen LogP contribution in [0.25, 0.3) is 0 Å². The standard InChI is InChI=1S/C23H30N2O3/c1-5-25(6-2)23(26)17-9-7-16(8-10-17)13-20-19-15-22(28-4)21(27-3)14-18(19)11-12-24-20/h7-10,14-15,20,24H,5-6,11-13H2,1-4H3. The van der Waals surface area contributed by atoms with E-state index in [1.54, 1.807) is 14.2 Å². The molecule has 1 amide bonds. The number of ether oxygens (including phenoxy) is 2. The van der Waals surface area contributed by atoms with Crippen molar-refractivity contribution in [1.29, 1.82) is 0 Å². The summed E-state index contributed by atoms with van der Waals surface area (Å²) in [4.78, 5) is 14.3. The molecular weight excluding hydrogens is 352 g/mol. The summed E-state index contributed by atoms with van der Waals surface area (Å²) in [6, 6.07) is 12.4. The van der Waals surface area contributed by atoms with E-state index >= 15 is 0 Å². The van der Waals surface area contributed by atoms with E-state index in [0.717, 1.165) is 49.5 Å². The van der Waals surface area contributed by atoms with Gasteiger partial charge in [-0.15, -0.1) is 0 Å². The molecule has 0 saturated carbocycles. The van der Waals surface area contributed by atoms with E-state index in [4.69, 9.17) is 9.47 Å². The molecule has 150 valence electrons. The van der Waals surface area contributed by atoms with Crippen molar-refractivity contribution in [3.8, 4) is 11.5 Å². The van der Waals surface area contributed by atoms with Crippen LogP contribution in [0.5, 0.6) is 11.5 Å². The van der Waals surface area contributed by atoms with Crippen molar-refractivity contribution in [2.45, 2.75) is 32.7 Å². The highest BCUT2D eigenvalue weighted by molar-refractivity contribution is 5.94. The van der Waals surface area contributed by atoms with Gasteiger partial charge in [-0.2, -0.15) is 0 Å². The molecule has 0 aromatic heterocycles. The van der Waals surface area contributed by atoms with Gasteiger partial charge in [0.15, 0.2) is 11.5 Å². The highest BCUT2D eigenvalue weighted by Gasteiger charge is 2.23. The van der Waals surface area contributed by atoms with Crippen LogP contribution in [0.1, 0.15) is 46.9 Å². The first-order valence-corrected chi connectivity index (χ1v) is 9.97. The fourth-order valence-corrected chi connectivity index (χ4v) is 3.86. The Labute approximate surface area is 167 Å². The van der Waals surface area contributed by atoms with Crippen LogP contribution in [-0.4, -0.2) is 44.7 Å². The third kappa shape index (κ3) is 4.14. The van der Waals surface area contributed by atoms with Gasteiger partial charge in [0, 0.05) is 24.7 Å². The second-order valence-electron chi connectivity index (χ2n) is 7.04. The van der Waals surface area contributed by atoms with Crippen molar-refractivity contribution < 1.29 is 14.3 Å². The van der Waals surface area contributed by atoms with Crippen molar-refractivity contribution in [3.63, 3.8) is 0 Å². The van der Waals surface area contributed by atoms with Crippen LogP contribution in [0.3, 0.4) is 0 Å². The molecule has 0 spiro atoms. The second-order valence-corrected chi connectivity index (χ2v) is 7.04. The maximum absolute atomic E-state index is 12.5. The minimum absolute atomic E-state index is 0.0921. The van der Waals surface area contributed by atoms with Crippen LogP contribution in [0.2, 0.25) is 0 Å². The molecule has 1 atom stereocenters. The molecule has 1 heterocycles. The lowest BCUT2D eigenvalue weighted by Crippen LogP contribution is -2.31. The van der Waals surface area contributed by atoms with Crippen molar-refractivity contribution >= 4 is 5.91 Å². The Kier molecular flexibility index (Phi) is 6.57. The number of rotatable bonds is 7. The smallest absolute Gasteiger partial charge is 0.253 e. The summed E-state index contributed by atoms with van der Waals surface area (Å²) < 4.78 is 10.9. The Balaban J connectivity index is 1.79. The zero-order valence-electron chi connectivity index (χ0n) is 17.2. The van der Waals surface area contributed by atoms with Crippen LogP contribution in [-0.2, 0) is 12.8 Å². The number of benzene rings is 2. The molecule has 3 rings (SSSR count). The van der Waals surface area contributed by atoms with Crippen molar-refractivity contribution in [2.75, 3.05) is 33.9 Å². The topological polar surface area (TPSA) is 50.8 Å². The third-order valence-electron chi connectivity index (χ3n) is 5.50. The fraction of sp³-hybridized carbons (Fsp3) is 0.435. The SMILES string of the molecule is CCN(CC)C(=O)c1ccc(CC2NCCc3cc(OC)c(OC)cc32)cc1. The maximum atomic E-state index is 12.5. The Morgan fingerprint density at radius 3 is 2.32 bits per heavy atom. The average molecular weight is 383 g/mol. The quantitative estimate of drug-likeness (QED) is 0.795. The number of methoxy groups -OCH3 is 2. The Morgan fingerprint density at radius 2 is 1.71 bits per heavy atom. The molecule has 0 aliphatic carbocycles. The zero-order chi connectivity index (χ0) is 20.1. The van der Waals surface area contributed by atoms with E-state index < -0.39 is 0 Å². The minimum atomic E-state index is 0.0921.